The van der Waals surface area contributed by atoms with E-state index in [9.17, 15) is 18.0 Å². The summed E-state index contributed by atoms with van der Waals surface area (Å²) in [6, 6.07) is 9.47. The molecule has 0 spiro atoms. The van der Waals surface area contributed by atoms with Gasteiger partial charge in [-0.25, -0.2) is 0 Å². The Morgan fingerprint density at radius 2 is 1.63 bits per heavy atom. The lowest BCUT2D eigenvalue weighted by atomic mass is 10.1. The van der Waals surface area contributed by atoms with Gasteiger partial charge in [0, 0.05) is 19.2 Å². The number of halogens is 3. The molecule has 0 aliphatic carbocycles. The van der Waals surface area contributed by atoms with Crippen molar-refractivity contribution in [2.75, 3.05) is 34.9 Å². The second-order valence-corrected chi connectivity index (χ2v) is 6.34. The second-order valence-electron chi connectivity index (χ2n) is 6.34. The number of hydrogen-bond donors (Lipinski definition) is 0. The van der Waals surface area contributed by atoms with Crippen LogP contribution in [0.4, 0.5) is 13.2 Å². The number of carbonyl (C=O) groups excluding carboxylic acids is 1. The van der Waals surface area contributed by atoms with E-state index in [0.29, 0.717) is 24.5 Å². The number of alkyl halides is 3. The van der Waals surface area contributed by atoms with E-state index in [2.05, 4.69) is 4.99 Å². The van der Waals surface area contributed by atoms with E-state index in [1.807, 2.05) is 12.1 Å². The molecule has 2 rings (SSSR count). The zero-order valence-corrected chi connectivity index (χ0v) is 17.1. The molecule has 2 aromatic rings. The molecule has 0 unspecified atom stereocenters. The van der Waals surface area contributed by atoms with Crippen molar-refractivity contribution in [1.29, 1.82) is 0 Å². The van der Waals surface area contributed by atoms with E-state index in [1.165, 1.54) is 7.11 Å². The summed E-state index contributed by atoms with van der Waals surface area (Å²) in [5.74, 6) is 0.533. The van der Waals surface area contributed by atoms with Crippen LogP contribution in [0.5, 0.6) is 11.5 Å². The first kappa shape index (κ1) is 23.1. The van der Waals surface area contributed by atoms with Crippen LogP contribution in [0.25, 0.3) is 0 Å². The normalized spacial score (nSPS) is 11.8. The van der Waals surface area contributed by atoms with Gasteiger partial charge in [0.1, 0.15) is 0 Å². The van der Waals surface area contributed by atoms with Crippen LogP contribution in [0.1, 0.15) is 21.5 Å². The first-order chi connectivity index (χ1) is 14.2. The Morgan fingerprint density at radius 3 is 2.17 bits per heavy atom. The van der Waals surface area contributed by atoms with Crippen molar-refractivity contribution in [1.82, 2.24) is 4.90 Å². The van der Waals surface area contributed by atoms with Crippen molar-refractivity contribution in [2.45, 2.75) is 12.6 Å². The zero-order chi connectivity index (χ0) is 22.3. The average Bonchev–Trinajstić information content (AvgIpc) is 2.74. The molecule has 0 heterocycles. The van der Waals surface area contributed by atoms with E-state index in [-0.39, 0.29) is 11.6 Å². The van der Waals surface area contributed by atoms with Gasteiger partial charge in [-0.1, -0.05) is 6.07 Å². The molecule has 2 aromatic carbocycles. The van der Waals surface area contributed by atoms with Crippen LogP contribution in [0.3, 0.4) is 0 Å². The molecule has 0 atom stereocenters. The molecule has 162 valence electrons. The van der Waals surface area contributed by atoms with Gasteiger partial charge in [0.2, 0.25) is 0 Å². The lowest BCUT2D eigenvalue weighted by molar-refractivity contribution is -0.137. The molecule has 0 aliphatic rings. The lowest BCUT2D eigenvalue weighted by Gasteiger charge is -2.19. The minimum Gasteiger partial charge on any atom is -0.493 e. The van der Waals surface area contributed by atoms with Gasteiger partial charge in [-0.05, 0) is 48.4 Å². The number of methoxy groups -OCH3 is 3. The number of likely N-dealkylation sites (N-methyl/N-ethyl adjacent to an activating group) is 1. The molecule has 30 heavy (non-hydrogen) atoms. The highest BCUT2D eigenvalue weighted by molar-refractivity contribution is 6.01. The van der Waals surface area contributed by atoms with E-state index in [1.54, 1.807) is 32.2 Å². The quantitative estimate of drug-likeness (QED) is 0.518. The maximum atomic E-state index is 12.7. The van der Waals surface area contributed by atoms with Gasteiger partial charge in [0.25, 0.3) is 11.9 Å². The Labute approximate surface area is 172 Å². The average molecular weight is 424 g/mol. The SMILES string of the molecule is COC(=NC(=O)c1ccc(C(F)(F)F)cc1)N(C)CCc1ccc(OC)c(OC)c1. The van der Waals surface area contributed by atoms with Crippen molar-refractivity contribution >= 4 is 11.9 Å². The number of amidine groups is 1. The van der Waals surface area contributed by atoms with E-state index in [0.717, 1.165) is 29.8 Å². The Balaban J connectivity index is 2.07. The van der Waals surface area contributed by atoms with E-state index >= 15 is 0 Å². The monoisotopic (exact) mass is 424 g/mol. The number of hydrogen-bond acceptors (Lipinski definition) is 4. The summed E-state index contributed by atoms with van der Waals surface area (Å²) in [6.45, 7) is 0.475. The highest BCUT2D eigenvalue weighted by atomic mass is 19.4. The molecule has 0 saturated heterocycles. The molecule has 0 saturated carbocycles. The molecular weight excluding hydrogens is 401 g/mol. The topological polar surface area (TPSA) is 60.4 Å². The molecule has 0 radical (unpaired) electrons. The van der Waals surface area contributed by atoms with Crippen LogP contribution in [0.2, 0.25) is 0 Å². The van der Waals surface area contributed by atoms with Gasteiger partial charge in [-0.3, -0.25) is 4.79 Å². The fourth-order valence-electron chi connectivity index (χ4n) is 2.67. The smallest absolute Gasteiger partial charge is 0.416 e. The van der Waals surface area contributed by atoms with Crippen LogP contribution in [0.15, 0.2) is 47.5 Å². The van der Waals surface area contributed by atoms with Crippen LogP contribution >= 0.6 is 0 Å². The standard InChI is InChI=1S/C21H23F3N2O4/c1-26(12-11-14-5-10-17(28-2)18(13-14)29-3)20(30-4)25-19(27)15-6-8-16(9-7-15)21(22,23)24/h5-10,13H,11-12H2,1-4H3. The molecule has 0 fully saturated rings. The van der Waals surface area contributed by atoms with Gasteiger partial charge >= 0.3 is 6.18 Å². The number of nitrogens with zero attached hydrogens (tertiary/aromatic N) is 2. The Bertz CT molecular complexity index is 896. The fourth-order valence-corrected chi connectivity index (χ4v) is 2.67. The maximum absolute atomic E-state index is 12.7. The number of carbonyl (C=O) groups is 1. The van der Waals surface area contributed by atoms with Gasteiger partial charge < -0.3 is 19.1 Å². The maximum Gasteiger partial charge on any atom is 0.416 e. The van der Waals surface area contributed by atoms with Crippen LogP contribution in [-0.2, 0) is 17.3 Å². The van der Waals surface area contributed by atoms with Crippen molar-refractivity contribution in [2.24, 2.45) is 4.99 Å². The van der Waals surface area contributed by atoms with E-state index in [4.69, 9.17) is 14.2 Å². The first-order valence-corrected chi connectivity index (χ1v) is 8.96. The number of ether oxygens (including phenoxy) is 3. The lowest BCUT2D eigenvalue weighted by Crippen LogP contribution is -2.31. The van der Waals surface area contributed by atoms with Crippen LogP contribution in [0, 0.1) is 0 Å². The van der Waals surface area contributed by atoms with Crippen LogP contribution < -0.4 is 9.47 Å². The number of aliphatic imine (C=N–C) groups is 1. The molecular formula is C21H23F3N2O4. The Hall–Kier alpha value is -3.23. The first-order valence-electron chi connectivity index (χ1n) is 8.96. The minimum atomic E-state index is -4.47. The Kier molecular flexibility index (Phi) is 7.68. The molecule has 6 nitrogen and oxygen atoms in total. The molecule has 0 bridgehead atoms. The third-order valence-corrected chi connectivity index (χ3v) is 4.35. The van der Waals surface area contributed by atoms with Gasteiger partial charge in [-0.2, -0.15) is 18.2 Å². The van der Waals surface area contributed by atoms with Gasteiger partial charge in [-0.15, -0.1) is 0 Å². The summed E-state index contributed by atoms with van der Waals surface area (Å²) in [6.07, 6.45) is -3.86. The summed E-state index contributed by atoms with van der Waals surface area (Å²) >= 11 is 0. The summed E-state index contributed by atoms with van der Waals surface area (Å²) in [5.41, 5.74) is 0.178. The largest absolute Gasteiger partial charge is 0.493 e. The summed E-state index contributed by atoms with van der Waals surface area (Å²) < 4.78 is 53.6. The van der Waals surface area contributed by atoms with Crippen molar-refractivity contribution in [3.8, 4) is 11.5 Å². The van der Waals surface area contributed by atoms with Gasteiger partial charge in [0.15, 0.2) is 11.5 Å². The molecule has 0 aromatic heterocycles. The highest BCUT2D eigenvalue weighted by Gasteiger charge is 2.30. The third kappa shape index (κ3) is 5.88. The number of benzene rings is 2. The van der Waals surface area contributed by atoms with Crippen molar-refractivity contribution < 1.29 is 32.2 Å². The third-order valence-electron chi connectivity index (χ3n) is 4.35. The Morgan fingerprint density at radius 1 is 1.00 bits per heavy atom. The van der Waals surface area contributed by atoms with Crippen molar-refractivity contribution in [3.05, 3.63) is 59.2 Å². The summed E-state index contributed by atoms with van der Waals surface area (Å²) in [7, 11) is 6.17. The van der Waals surface area contributed by atoms with Gasteiger partial charge in [0.05, 0.1) is 26.9 Å². The highest BCUT2D eigenvalue weighted by Crippen LogP contribution is 2.29. The second kappa shape index (κ2) is 10.00. The predicted molar refractivity (Wildman–Crippen MR) is 106 cm³/mol. The summed E-state index contributed by atoms with van der Waals surface area (Å²) in [4.78, 5) is 17.8. The molecule has 0 N–H and O–H groups in total. The number of amides is 1. The number of rotatable bonds is 6. The molecule has 1 amide bonds. The van der Waals surface area contributed by atoms with Crippen LogP contribution in [-0.4, -0.2) is 51.8 Å². The van der Waals surface area contributed by atoms with Crippen molar-refractivity contribution in [3.63, 3.8) is 0 Å². The predicted octanol–water partition coefficient (Wildman–Crippen LogP) is 4.04. The molecule has 9 heteroatoms. The molecule has 0 aliphatic heterocycles. The fraction of sp³-hybridized carbons (Fsp3) is 0.333. The summed E-state index contributed by atoms with van der Waals surface area (Å²) in [5, 5.41) is 0. The zero-order valence-electron chi connectivity index (χ0n) is 17.1. The van der Waals surface area contributed by atoms with E-state index < -0.39 is 17.6 Å². The minimum absolute atomic E-state index is 0.0332.